The fourth-order valence-electron chi connectivity index (χ4n) is 2.98. The summed E-state index contributed by atoms with van der Waals surface area (Å²) < 4.78 is 2.64. The third-order valence-corrected chi connectivity index (χ3v) is 6.72. The number of carbonyl (C=O) groups is 2. The molecule has 3 rings (SSSR count). The Morgan fingerprint density at radius 3 is 2.66 bits per heavy atom. The van der Waals surface area contributed by atoms with Gasteiger partial charge in [0.25, 0.3) is 17.4 Å². The minimum atomic E-state index is -0.410. The van der Waals surface area contributed by atoms with E-state index in [0.29, 0.717) is 44.3 Å². The number of hydrogen-bond acceptors (Lipinski definition) is 8. The SMILES string of the molecule is Cc1cc(C(=O)N(C)C)cc(Cl)c1NC(=O)c1cnc(Nc2s[nH]c(=O)c2C(N)=NCC(C)C)s1. The van der Waals surface area contributed by atoms with Gasteiger partial charge in [-0.05, 0) is 42.1 Å². The molecule has 13 heteroatoms. The second-order valence-electron chi connectivity index (χ2n) is 8.32. The summed E-state index contributed by atoms with van der Waals surface area (Å²) >= 11 is 8.53. The summed E-state index contributed by atoms with van der Waals surface area (Å²) in [5, 5.41) is 6.94. The van der Waals surface area contributed by atoms with Crippen molar-refractivity contribution in [1.29, 1.82) is 0 Å². The van der Waals surface area contributed by atoms with E-state index in [1.54, 1.807) is 27.1 Å². The van der Waals surface area contributed by atoms with Gasteiger partial charge in [-0.15, -0.1) is 0 Å². The third-order valence-electron chi connectivity index (χ3n) is 4.71. The summed E-state index contributed by atoms with van der Waals surface area (Å²) in [5.41, 5.74) is 7.42. The fourth-order valence-corrected chi connectivity index (χ4v) is 4.81. The predicted molar refractivity (Wildman–Crippen MR) is 143 cm³/mol. The summed E-state index contributed by atoms with van der Waals surface area (Å²) in [6.45, 7) is 6.26. The van der Waals surface area contributed by atoms with Gasteiger partial charge in [0.15, 0.2) is 5.13 Å². The fraction of sp³-hybridized carbons (Fsp3) is 0.318. The lowest BCUT2D eigenvalue weighted by atomic mass is 10.1. The largest absolute Gasteiger partial charge is 0.383 e. The van der Waals surface area contributed by atoms with E-state index in [4.69, 9.17) is 17.3 Å². The molecule has 35 heavy (non-hydrogen) atoms. The molecule has 0 bridgehead atoms. The Kier molecular flexibility index (Phi) is 8.30. The lowest BCUT2D eigenvalue weighted by molar-refractivity contribution is 0.0827. The first-order valence-electron chi connectivity index (χ1n) is 10.6. The van der Waals surface area contributed by atoms with Gasteiger partial charge in [-0.3, -0.25) is 23.7 Å². The average molecular weight is 536 g/mol. The molecule has 0 radical (unpaired) electrons. The summed E-state index contributed by atoms with van der Waals surface area (Å²) in [5.74, 6) is -0.163. The van der Waals surface area contributed by atoms with E-state index in [1.165, 1.54) is 17.2 Å². The topological polar surface area (TPSA) is 146 Å². The highest BCUT2D eigenvalue weighted by molar-refractivity contribution is 7.18. The van der Waals surface area contributed by atoms with Crippen molar-refractivity contribution >= 4 is 67.9 Å². The van der Waals surface area contributed by atoms with Crippen molar-refractivity contribution in [2.24, 2.45) is 16.6 Å². The van der Waals surface area contributed by atoms with Crippen LogP contribution in [0.25, 0.3) is 0 Å². The molecule has 0 saturated carbocycles. The number of amidine groups is 1. The van der Waals surface area contributed by atoms with Gasteiger partial charge in [-0.2, -0.15) is 0 Å². The lowest BCUT2D eigenvalue weighted by Gasteiger charge is -2.14. The van der Waals surface area contributed by atoms with Gasteiger partial charge < -0.3 is 21.3 Å². The molecule has 0 fully saturated rings. The van der Waals surface area contributed by atoms with Crippen molar-refractivity contribution in [3.05, 3.63) is 55.3 Å². The van der Waals surface area contributed by atoms with Gasteiger partial charge >= 0.3 is 0 Å². The molecule has 0 spiro atoms. The number of nitrogens with zero attached hydrogens (tertiary/aromatic N) is 3. The maximum absolute atomic E-state index is 12.8. The molecular weight excluding hydrogens is 510 g/mol. The van der Waals surface area contributed by atoms with Gasteiger partial charge in [0.1, 0.15) is 21.3 Å². The van der Waals surface area contributed by atoms with Crippen molar-refractivity contribution in [2.75, 3.05) is 31.3 Å². The van der Waals surface area contributed by atoms with Gasteiger partial charge in [-0.1, -0.05) is 36.8 Å². The van der Waals surface area contributed by atoms with Crippen LogP contribution in [-0.2, 0) is 0 Å². The monoisotopic (exact) mass is 535 g/mol. The number of amides is 2. The highest BCUT2D eigenvalue weighted by atomic mass is 35.5. The average Bonchev–Trinajstić information content (AvgIpc) is 3.40. The van der Waals surface area contributed by atoms with Crippen molar-refractivity contribution < 1.29 is 9.59 Å². The number of nitrogens with one attached hydrogen (secondary N) is 3. The number of benzene rings is 1. The van der Waals surface area contributed by atoms with E-state index in [2.05, 4.69) is 25.0 Å². The molecule has 0 aliphatic heterocycles. The Bertz CT molecular complexity index is 1320. The van der Waals surface area contributed by atoms with E-state index < -0.39 is 5.91 Å². The number of nitrogens with two attached hydrogens (primary N) is 1. The van der Waals surface area contributed by atoms with Crippen LogP contribution in [0.2, 0.25) is 5.02 Å². The van der Waals surface area contributed by atoms with Gasteiger partial charge in [0, 0.05) is 26.2 Å². The standard InChI is InChI=1S/C22H26ClN7O3S2/c1-10(2)8-25-17(24)15-19(32)29-35-20(15)28-22-26-9-14(34-22)18(31)27-16-11(3)6-12(7-13(16)23)21(33)30(4)5/h6-7,9-10H,8H2,1-5H3,(H2,24,25)(H,26,28)(H,27,31)(H,29,32). The summed E-state index contributed by atoms with van der Waals surface area (Å²) in [4.78, 5) is 47.6. The molecule has 10 nitrogen and oxygen atoms in total. The number of anilines is 3. The molecule has 0 unspecified atom stereocenters. The zero-order valence-corrected chi connectivity index (χ0v) is 22.2. The molecule has 2 aromatic heterocycles. The zero-order valence-electron chi connectivity index (χ0n) is 19.9. The van der Waals surface area contributed by atoms with E-state index in [1.807, 2.05) is 13.8 Å². The molecule has 5 N–H and O–H groups in total. The number of rotatable bonds is 8. The Morgan fingerprint density at radius 1 is 1.31 bits per heavy atom. The predicted octanol–water partition coefficient (Wildman–Crippen LogP) is 3.91. The van der Waals surface area contributed by atoms with Crippen LogP contribution in [-0.4, -0.2) is 52.5 Å². The Labute approximate surface area is 215 Å². The summed E-state index contributed by atoms with van der Waals surface area (Å²) in [6.07, 6.45) is 1.42. The molecule has 3 aromatic rings. The first kappa shape index (κ1) is 26.4. The van der Waals surface area contributed by atoms with E-state index >= 15 is 0 Å². The van der Waals surface area contributed by atoms with Crippen LogP contribution in [0.3, 0.4) is 0 Å². The number of carbonyl (C=O) groups excluding carboxylic acids is 2. The van der Waals surface area contributed by atoms with Crippen LogP contribution in [0.1, 0.15) is 45.0 Å². The summed E-state index contributed by atoms with van der Waals surface area (Å²) in [6, 6.07) is 3.19. The number of thiazole rings is 1. The van der Waals surface area contributed by atoms with Crippen LogP contribution < -0.4 is 21.9 Å². The second-order valence-corrected chi connectivity index (χ2v) is 10.6. The maximum atomic E-state index is 12.8. The van der Waals surface area contributed by atoms with Crippen LogP contribution in [0, 0.1) is 12.8 Å². The number of aromatic nitrogens is 2. The first-order valence-corrected chi connectivity index (χ1v) is 12.6. The number of halogens is 1. The smallest absolute Gasteiger partial charge is 0.271 e. The highest BCUT2D eigenvalue weighted by Gasteiger charge is 2.19. The molecule has 2 heterocycles. The zero-order chi connectivity index (χ0) is 25.9. The number of aliphatic imine (C=N–C) groups is 1. The molecule has 2 amide bonds. The number of H-pyrrole nitrogens is 1. The molecule has 1 aromatic carbocycles. The molecule has 0 aliphatic carbocycles. The lowest BCUT2D eigenvalue weighted by Crippen LogP contribution is -2.23. The first-order chi connectivity index (χ1) is 16.5. The van der Waals surface area contributed by atoms with Gasteiger partial charge in [0.2, 0.25) is 0 Å². The molecule has 0 atom stereocenters. The number of hydrogen-bond donors (Lipinski definition) is 4. The van der Waals surface area contributed by atoms with Crippen LogP contribution in [0.5, 0.6) is 0 Å². The van der Waals surface area contributed by atoms with Crippen LogP contribution in [0.4, 0.5) is 15.8 Å². The van der Waals surface area contributed by atoms with Crippen LogP contribution in [0.15, 0.2) is 28.1 Å². The van der Waals surface area contributed by atoms with Gasteiger partial charge in [0.05, 0.1) is 16.9 Å². The third kappa shape index (κ3) is 6.27. The Morgan fingerprint density at radius 2 is 2.03 bits per heavy atom. The Hall–Kier alpha value is -3.22. The minimum absolute atomic E-state index is 0.138. The second kappa shape index (κ2) is 11.0. The maximum Gasteiger partial charge on any atom is 0.271 e. The van der Waals surface area contributed by atoms with E-state index in [9.17, 15) is 14.4 Å². The normalized spacial score (nSPS) is 11.6. The van der Waals surface area contributed by atoms with Crippen molar-refractivity contribution in [3.8, 4) is 0 Å². The minimum Gasteiger partial charge on any atom is -0.383 e. The van der Waals surface area contributed by atoms with Crippen molar-refractivity contribution in [1.82, 2.24) is 14.3 Å². The molecular formula is C22H26ClN7O3S2. The Balaban J connectivity index is 1.77. The van der Waals surface area contributed by atoms with E-state index in [0.717, 1.165) is 22.9 Å². The number of aryl methyl sites for hydroxylation is 1. The highest BCUT2D eigenvalue weighted by Crippen LogP contribution is 2.30. The number of aromatic amines is 1. The van der Waals surface area contributed by atoms with E-state index in [-0.39, 0.29) is 27.9 Å². The van der Waals surface area contributed by atoms with Crippen molar-refractivity contribution in [3.63, 3.8) is 0 Å². The molecule has 0 aliphatic rings. The molecule has 0 saturated heterocycles. The molecule has 186 valence electrons. The van der Waals surface area contributed by atoms with Crippen LogP contribution >= 0.6 is 34.5 Å². The summed E-state index contributed by atoms with van der Waals surface area (Å²) in [7, 11) is 3.30. The quantitative estimate of drug-likeness (QED) is 0.254. The van der Waals surface area contributed by atoms with Crippen molar-refractivity contribution in [2.45, 2.75) is 20.8 Å². The van der Waals surface area contributed by atoms with Gasteiger partial charge in [-0.25, -0.2) is 4.98 Å².